The Labute approximate surface area is 176 Å². The molecule has 2 N–H and O–H groups in total. The van der Waals surface area contributed by atoms with E-state index in [9.17, 15) is 8.42 Å². The van der Waals surface area contributed by atoms with Crippen molar-refractivity contribution < 1.29 is 8.42 Å². The Morgan fingerprint density at radius 3 is 2.35 bits per heavy atom. The number of aromatic nitrogens is 1. The number of nitrogens with zero attached hydrogens (tertiary/aromatic N) is 2. The number of nitrogens with one attached hydrogen (secondary N) is 2. The summed E-state index contributed by atoms with van der Waals surface area (Å²) in [5, 5.41) is 7.60. The minimum atomic E-state index is -3.16. The first-order valence-corrected chi connectivity index (χ1v) is 10.7. The van der Waals surface area contributed by atoms with Crippen LogP contribution in [-0.2, 0) is 22.8 Å². The molecule has 0 radical (unpaired) electrons. The Balaban J connectivity index is 0.00000338. The van der Waals surface area contributed by atoms with Crippen LogP contribution < -0.4 is 10.6 Å². The predicted molar refractivity (Wildman–Crippen MR) is 118 cm³/mol. The maximum atomic E-state index is 11.5. The van der Waals surface area contributed by atoms with Crippen LogP contribution in [0, 0.1) is 13.8 Å². The van der Waals surface area contributed by atoms with Crippen LogP contribution in [0.15, 0.2) is 34.2 Å². The van der Waals surface area contributed by atoms with E-state index in [-0.39, 0.29) is 24.0 Å². The number of sulfone groups is 1. The van der Waals surface area contributed by atoms with Crippen molar-refractivity contribution in [2.24, 2.45) is 4.99 Å². The van der Waals surface area contributed by atoms with Crippen molar-refractivity contribution in [3.63, 3.8) is 0 Å². The molecule has 0 atom stereocenters. The van der Waals surface area contributed by atoms with Gasteiger partial charge >= 0.3 is 0 Å². The minimum absolute atomic E-state index is 0. The van der Waals surface area contributed by atoms with Crippen LogP contribution in [0.5, 0.6) is 0 Å². The SMILES string of the molecule is CN=C(NCCc1nc(C)c(C)s1)NCc1ccc(S(C)(=O)=O)cc1.I. The van der Waals surface area contributed by atoms with Crippen molar-refractivity contribution in [3.05, 3.63) is 45.4 Å². The second kappa shape index (κ2) is 10.2. The second-order valence-corrected chi connectivity index (χ2v) is 9.07. The van der Waals surface area contributed by atoms with E-state index in [0.717, 1.165) is 29.2 Å². The molecule has 0 amide bonds. The van der Waals surface area contributed by atoms with Crippen LogP contribution in [0.4, 0.5) is 0 Å². The maximum absolute atomic E-state index is 11.5. The fourth-order valence-electron chi connectivity index (χ4n) is 2.19. The third kappa shape index (κ3) is 6.84. The molecule has 1 aromatic carbocycles. The summed E-state index contributed by atoms with van der Waals surface area (Å²) in [4.78, 5) is 10.3. The third-order valence-electron chi connectivity index (χ3n) is 3.74. The Bertz CT molecular complexity index is 827. The molecule has 0 unspecified atom stereocenters. The molecule has 0 aliphatic carbocycles. The molecule has 2 aromatic rings. The molecule has 144 valence electrons. The molecule has 0 aliphatic heterocycles. The van der Waals surface area contributed by atoms with Crippen molar-refractivity contribution in [1.29, 1.82) is 0 Å². The van der Waals surface area contributed by atoms with Crippen molar-refractivity contribution in [2.75, 3.05) is 19.8 Å². The molecule has 26 heavy (non-hydrogen) atoms. The Morgan fingerprint density at radius 1 is 1.19 bits per heavy atom. The Kier molecular flexibility index (Phi) is 8.97. The van der Waals surface area contributed by atoms with Crippen molar-refractivity contribution in [2.45, 2.75) is 31.7 Å². The molecule has 0 aliphatic rings. The van der Waals surface area contributed by atoms with Gasteiger partial charge in [0.15, 0.2) is 15.8 Å². The summed E-state index contributed by atoms with van der Waals surface area (Å²) < 4.78 is 22.9. The number of thiazole rings is 1. The van der Waals surface area contributed by atoms with Crippen LogP contribution in [0.2, 0.25) is 0 Å². The van der Waals surface area contributed by atoms with Gasteiger partial charge in [-0.3, -0.25) is 4.99 Å². The maximum Gasteiger partial charge on any atom is 0.191 e. The van der Waals surface area contributed by atoms with Gasteiger partial charge in [-0.15, -0.1) is 35.3 Å². The normalized spacial score (nSPS) is 11.8. The Hall–Kier alpha value is -1.20. The van der Waals surface area contributed by atoms with E-state index in [2.05, 4.69) is 27.5 Å². The van der Waals surface area contributed by atoms with Crippen LogP contribution in [0.1, 0.15) is 21.1 Å². The fraction of sp³-hybridized carbons (Fsp3) is 0.412. The summed E-state index contributed by atoms with van der Waals surface area (Å²) in [7, 11) is -1.43. The minimum Gasteiger partial charge on any atom is -0.356 e. The van der Waals surface area contributed by atoms with Gasteiger partial charge in [0.05, 0.1) is 15.6 Å². The summed E-state index contributed by atoms with van der Waals surface area (Å²) in [6.45, 7) is 5.43. The molecule has 0 saturated carbocycles. The predicted octanol–water partition coefficient (Wildman–Crippen LogP) is 2.69. The second-order valence-electron chi connectivity index (χ2n) is 5.77. The average Bonchev–Trinajstić information content (AvgIpc) is 2.88. The van der Waals surface area contributed by atoms with Gasteiger partial charge in [-0.1, -0.05) is 12.1 Å². The Morgan fingerprint density at radius 2 is 1.85 bits per heavy atom. The highest BCUT2D eigenvalue weighted by Gasteiger charge is 2.07. The fourth-order valence-corrected chi connectivity index (χ4v) is 3.76. The molecule has 1 heterocycles. The van der Waals surface area contributed by atoms with Gasteiger partial charge in [0.1, 0.15) is 0 Å². The lowest BCUT2D eigenvalue weighted by Gasteiger charge is -2.11. The molecule has 0 bridgehead atoms. The van der Waals surface area contributed by atoms with Gasteiger partial charge < -0.3 is 10.6 Å². The lowest BCUT2D eigenvalue weighted by atomic mass is 10.2. The highest BCUT2D eigenvalue weighted by Crippen LogP contribution is 2.16. The summed E-state index contributed by atoms with van der Waals surface area (Å²) >= 11 is 1.73. The van der Waals surface area contributed by atoms with E-state index < -0.39 is 9.84 Å². The van der Waals surface area contributed by atoms with Crippen molar-refractivity contribution >= 4 is 51.1 Å². The molecule has 0 spiro atoms. The lowest BCUT2D eigenvalue weighted by molar-refractivity contribution is 0.602. The quantitative estimate of drug-likeness (QED) is 0.356. The number of aryl methyl sites for hydroxylation is 2. The van der Waals surface area contributed by atoms with Gasteiger partial charge in [-0.2, -0.15) is 0 Å². The monoisotopic (exact) mass is 508 g/mol. The number of benzene rings is 1. The van der Waals surface area contributed by atoms with E-state index >= 15 is 0 Å². The van der Waals surface area contributed by atoms with Gasteiger partial charge in [0, 0.05) is 37.7 Å². The number of halogens is 1. The third-order valence-corrected chi connectivity index (χ3v) is 6.00. The standard InChI is InChI=1S/C17H24N4O2S2.HI/c1-12-13(2)24-16(21-12)9-10-19-17(18-3)20-11-14-5-7-15(8-6-14)25(4,22)23;/h5-8H,9-11H2,1-4H3,(H2,18,19,20);1H. The summed E-state index contributed by atoms with van der Waals surface area (Å²) in [5.41, 5.74) is 2.08. The first-order valence-electron chi connectivity index (χ1n) is 7.96. The van der Waals surface area contributed by atoms with E-state index in [0.29, 0.717) is 17.4 Å². The lowest BCUT2D eigenvalue weighted by Crippen LogP contribution is -2.37. The molecular formula is C17H25IN4O2S2. The molecule has 0 fully saturated rings. The van der Waals surface area contributed by atoms with Crippen LogP contribution in [-0.4, -0.2) is 39.2 Å². The highest BCUT2D eigenvalue weighted by atomic mass is 127. The molecule has 9 heteroatoms. The van der Waals surface area contributed by atoms with E-state index in [1.807, 2.05) is 6.92 Å². The summed E-state index contributed by atoms with van der Waals surface area (Å²) in [5.74, 6) is 0.706. The topological polar surface area (TPSA) is 83.4 Å². The van der Waals surface area contributed by atoms with Gasteiger partial charge in [-0.05, 0) is 31.5 Å². The zero-order valence-electron chi connectivity index (χ0n) is 15.4. The van der Waals surface area contributed by atoms with Crippen LogP contribution >= 0.6 is 35.3 Å². The zero-order chi connectivity index (χ0) is 18.4. The number of aliphatic imine (C=N–C) groups is 1. The van der Waals surface area contributed by atoms with Crippen LogP contribution in [0.3, 0.4) is 0 Å². The highest BCUT2D eigenvalue weighted by molar-refractivity contribution is 14.0. The van der Waals surface area contributed by atoms with Gasteiger partial charge in [0.2, 0.25) is 0 Å². The van der Waals surface area contributed by atoms with Gasteiger partial charge in [0.25, 0.3) is 0 Å². The summed E-state index contributed by atoms with van der Waals surface area (Å²) in [6, 6.07) is 6.85. The number of hydrogen-bond donors (Lipinski definition) is 2. The number of rotatable bonds is 6. The number of guanidine groups is 1. The van der Waals surface area contributed by atoms with E-state index in [1.54, 1.807) is 42.6 Å². The molecule has 2 rings (SSSR count). The van der Waals surface area contributed by atoms with Crippen molar-refractivity contribution in [3.8, 4) is 0 Å². The molecule has 1 aromatic heterocycles. The first-order chi connectivity index (χ1) is 11.8. The zero-order valence-corrected chi connectivity index (χ0v) is 19.3. The average molecular weight is 508 g/mol. The van der Waals surface area contributed by atoms with E-state index in [1.165, 1.54) is 11.1 Å². The molecular weight excluding hydrogens is 483 g/mol. The molecule has 0 saturated heterocycles. The largest absolute Gasteiger partial charge is 0.356 e. The smallest absolute Gasteiger partial charge is 0.191 e. The first kappa shape index (κ1) is 22.8. The van der Waals surface area contributed by atoms with Gasteiger partial charge in [-0.25, -0.2) is 13.4 Å². The summed E-state index contributed by atoms with van der Waals surface area (Å²) in [6.07, 6.45) is 2.06. The van der Waals surface area contributed by atoms with E-state index in [4.69, 9.17) is 0 Å². The number of hydrogen-bond acceptors (Lipinski definition) is 5. The molecule has 6 nitrogen and oxygen atoms in total. The van der Waals surface area contributed by atoms with Crippen molar-refractivity contribution in [1.82, 2.24) is 15.6 Å². The van der Waals surface area contributed by atoms with Crippen LogP contribution in [0.25, 0.3) is 0 Å².